The number of esters is 1. The van der Waals surface area contributed by atoms with Crippen LogP contribution in [0.15, 0.2) is 42.1 Å². The molecule has 1 N–H and O–H groups in total. The van der Waals surface area contributed by atoms with Crippen molar-refractivity contribution in [2.24, 2.45) is 0 Å². The molecule has 2 heterocycles. The van der Waals surface area contributed by atoms with Gasteiger partial charge in [0.1, 0.15) is 17.8 Å². The molecule has 2 unspecified atom stereocenters. The van der Waals surface area contributed by atoms with Crippen molar-refractivity contribution in [3.63, 3.8) is 0 Å². The minimum absolute atomic E-state index is 0.177. The second-order valence-corrected chi connectivity index (χ2v) is 5.36. The van der Waals surface area contributed by atoms with Crippen LogP contribution >= 0.6 is 0 Å². The van der Waals surface area contributed by atoms with Gasteiger partial charge in [0.25, 0.3) is 5.91 Å². The fraction of sp³-hybridized carbons (Fsp3) is 0.312. The summed E-state index contributed by atoms with van der Waals surface area (Å²) in [5.41, 5.74) is 1.24. The van der Waals surface area contributed by atoms with E-state index in [9.17, 15) is 14.4 Å². The summed E-state index contributed by atoms with van der Waals surface area (Å²) >= 11 is 0. The largest absolute Gasteiger partial charge is 0.456 e. The second kappa shape index (κ2) is 5.63. The van der Waals surface area contributed by atoms with Gasteiger partial charge in [-0.05, 0) is 11.6 Å². The number of piperazine rings is 1. The summed E-state index contributed by atoms with van der Waals surface area (Å²) in [5.74, 6) is -0.921. The van der Waals surface area contributed by atoms with Crippen LogP contribution in [0, 0.1) is 0 Å². The number of amides is 2. The fourth-order valence-corrected chi connectivity index (χ4v) is 2.76. The molecule has 2 aliphatic rings. The van der Waals surface area contributed by atoms with Gasteiger partial charge >= 0.3 is 5.97 Å². The first-order valence-electron chi connectivity index (χ1n) is 7.10. The van der Waals surface area contributed by atoms with Gasteiger partial charge in [-0.1, -0.05) is 30.3 Å². The first-order valence-corrected chi connectivity index (χ1v) is 7.10. The monoisotopic (exact) mass is 300 g/mol. The van der Waals surface area contributed by atoms with Crippen molar-refractivity contribution in [3.05, 3.63) is 47.7 Å². The molecule has 0 aliphatic carbocycles. The van der Waals surface area contributed by atoms with E-state index >= 15 is 0 Å². The Labute approximate surface area is 127 Å². The molecular formula is C16H16N2O4. The average Bonchev–Trinajstić information content (AvgIpc) is 2.89. The number of fused-ring (bicyclic) bond motifs is 1. The Bertz CT molecular complexity index is 653. The molecule has 0 bridgehead atoms. The number of nitrogens with zero attached hydrogens (tertiary/aromatic N) is 1. The first kappa shape index (κ1) is 14.3. The lowest BCUT2D eigenvalue weighted by molar-refractivity contribution is -0.146. The van der Waals surface area contributed by atoms with Gasteiger partial charge in [-0.25, -0.2) is 0 Å². The van der Waals surface area contributed by atoms with Crippen LogP contribution in [0.4, 0.5) is 0 Å². The highest BCUT2D eigenvalue weighted by Crippen LogP contribution is 2.23. The van der Waals surface area contributed by atoms with E-state index < -0.39 is 18.1 Å². The molecule has 2 amide bonds. The van der Waals surface area contributed by atoms with Gasteiger partial charge in [0.05, 0.1) is 6.54 Å². The molecular weight excluding hydrogens is 284 g/mol. The standard InChI is InChI=1S/C16H16N2O4/c1-10(19)22-12-8-14-15(20)17-13(16(21)18(14)9-12)7-11-5-3-2-4-6-11/h2-6,8,12-13H,7,9H2,1H3,(H,17,20). The molecule has 1 fully saturated rings. The smallest absolute Gasteiger partial charge is 0.303 e. The predicted molar refractivity (Wildman–Crippen MR) is 77.4 cm³/mol. The highest BCUT2D eigenvalue weighted by atomic mass is 16.5. The second-order valence-electron chi connectivity index (χ2n) is 5.36. The lowest BCUT2D eigenvalue weighted by Gasteiger charge is -2.31. The van der Waals surface area contributed by atoms with E-state index in [1.165, 1.54) is 17.9 Å². The molecule has 0 radical (unpaired) electrons. The molecule has 1 aromatic rings. The van der Waals surface area contributed by atoms with E-state index in [2.05, 4.69) is 5.32 Å². The SMILES string of the molecule is CC(=O)OC1C=C2C(=O)NC(Cc3ccccc3)C(=O)N2C1. The Kier molecular flexibility index (Phi) is 3.66. The number of ether oxygens (including phenoxy) is 1. The molecule has 6 heteroatoms. The average molecular weight is 300 g/mol. The normalized spacial score (nSPS) is 23.7. The molecule has 2 aliphatic heterocycles. The minimum atomic E-state index is -0.594. The first-order chi connectivity index (χ1) is 10.5. The van der Waals surface area contributed by atoms with Crippen LogP contribution in [0.25, 0.3) is 0 Å². The van der Waals surface area contributed by atoms with Gasteiger partial charge in [0.15, 0.2) is 0 Å². The third-order valence-corrected chi connectivity index (χ3v) is 3.70. The van der Waals surface area contributed by atoms with Crippen LogP contribution < -0.4 is 5.32 Å². The van der Waals surface area contributed by atoms with Gasteiger partial charge in [0.2, 0.25) is 5.91 Å². The van der Waals surface area contributed by atoms with Crippen molar-refractivity contribution in [2.75, 3.05) is 6.54 Å². The Hall–Kier alpha value is -2.63. The molecule has 0 spiro atoms. The number of rotatable bonds is 3. The van der Waals surface area contributed by atoms with Crippen molar-refractivity contribution in [2.45, 2.75) is 25.5 Å². The van der Waals surface area contributed by atoms with Crippen molar-refractivity contribution in [1.82, 2.24) is 10.2 Å². The zero-order chi connectivity index (χ0) is 15.7. The summed E-state index contributed by atoms with van der Waals surface area (Å²) in [6.45, 7) is 1.50. The third kappa shape index (κ3) is 2.72. The molecule has 1 aromatic carbocycles. The fourth-order valence-electron chi connectivity index (χ4n) is 2.76. The molecule has 114 valence electrons. The number of carbonyl (C=O) groups is 3. The predicted octanol–water partition coefficient (Wildman–Crippen LogP) is 0.385. The van der Waals surface area contributed by atoms with Crippen LogP contribution in [0.1, 0.15) is 12.5 Å². The number of hydrogen-bond acceptors (Lipinski definition) is 4. The van der Waals surface area contributed by atoms with Gasteiger partial charge < -0.3 is 15.0 Å². The Morgan fingerprint density at radius 1 is 1.32 bits per heavy atom. The summed E-state index contributed by atoms with van der Waals surface area (Å²) in [6.07, 6.45) is 1.40. The summed E-state index contributed by atoms with van der Waals surface area (Å²) < 4.78 is 5.06. The molecule has 3 rings (SSSR count). The van der Waals surface area contributed by atoms with Crippen molar-refractivity contribution < 1.29 is 19.1 Å². The van der Waals surface area contributed by atoms with E-state index in [0.29, 0.717) is 6.42 Å². The maximum absolute atomic E-state index is 12.5. The van der Waals surface area contributed by atoms with Gasteiger partial charge in [-0.15, -0.1) is 0 Å². The van der Waals surface area contributed by atoms with Crippen LogP contribution in [0.3, 0.4) is 0 Å². The number of hydrogen-bond donors (Lipinski definition) is 1. The zero-order valence-electron chi connectivity index (χ0n) is 12.1. The lowest BCUT2D eigenvalue weighted by atomic mass is 10.0. The summed E-state index contributed by atoms with van der Waals surface area (Å²) in [4.78, 5) is 37.1. The van der Waals surface area contributed by atoms with Gasteiger partial charge in [-0.2, -0.15) is 0 Å². The van der Waals surface area contributed by atoms with E-state index in [0.717, 1.165) is 5.56 Å². The van der Waals surface area contributed by atoms with Crippen molar-refractivity contribution in [3.8, 4) is 0 Å². The Balaban J connectivity index is 1.75. The van der Waals surface area contributed by atoms with E-state index in [4.69, 9.17) is 4.74 Å². The topological polar surface area (TPSA) is 75.7 Å². The molecule has 2 atom stereocenters. The van der Waals surface area contributed by atoms with Crippen LogP contribution in [-0.4, -0.2) is 41.4 Å². The number of carbonyl (C=O) groups excluding carboxylic acids is 3. The third-order valence-electron chi connectivity index (χ3n) is 3.70. The number of benzene rings is 1. The molecule has 0 saturated carbocycles. The van der Waals surface area contributed by atoms with Crippen LogP contribution in [-0.2, 0) is 25.5 Å². The summed E-state index contributed by atoms with van der Waals surface area (Å²) in [7, 11) is 0. The minimum Gasteiger partial charge on any atom is -0.456 e. The van der Waals surface area contributed by atoms with Crippen molar-refractivity contribution in [1.29, 1.82) is 0 Å². The molecule has 22 heavy (non-hydrogen) atoms. The molecule has 0 aromatic heterocycles. The highest BCUT2D eigenvalue weighted by molar-refractivity contribution is 6.05. The maximum atomic E-state index is 12.5. The number of nitrogens with one attached hydrogen (secondary N) is 1. The van der Waals surface area contributed by atoms with Crippen LogP contribution in [0.5, 0.6) is 0 Å². The lowest BCUT2D eigenvalue weighted by Crippen LogP contribution is -2.56. The zero-order valence-corrected chi connectivity index (χ0v) is 12.1. The van der Waals surface area contributed by atoms with Crippen molar-refractivity contribution >= 4 is 17.8 Å². The van der Waals surface area contributed by atoms with E-state index in [1.807, 2.05) is 30.3 Å². The molecule has 1 saturated heterocycles. The van der Waals surface area contributed by atoms with E-state index in [1.54, 1.807) is 0 Å². The molecule has 6 nitrogen and oxygen atoms in total. The Morgan fingerprint density at radius 3 is 2.73 bits per heavy atom. The van der Waals surface area contributed by atoms with E-state index in [-0.39, 0.29) is 24.1 Å². The van der Waals surface area contributed by atoms with Crippen LogP contribution in [0.2, 0.25) is 0 Å². The van der Waals surface area contributed by atoms with Gasteiger partial charge in [-0.3, -0.25) is 14.4 Å². The van der Waals surface area contributed by atoms with Gasteiger partial charge in [0, 0.05) is 13.3 Å². The summed E-state index contributed by atoms with van der Waals surface area (Å²) in [6, 6.07) is 8.91. The summed E-state index contributed by atoms with van der Waals surface area (Å²) in [5, 5.41) is 2.72. The Morgan fingerprint density at radius 2 is 2.05 bits per heavy atom. The quantitative estimate of drug-likeness (QED) is 0.819. The highest BCUT2D eigenvalue weighted by Gasteiger charge is 2.41. The maximum Gasteiger partial charge on any atom is 0.303 e.